The minimum absolute atomic E-state index is 0.381. The molecule has 0 fully saturated rings. The van der Waals surface area contributed by atoms with Gasteiger partial charge in [-0.3, -0.25) is 4.68 Å². The molecule has 0 bridgehead atoms. The van der Waals surface area contributed by atoms with Crippen LogP contribution in [0.3, 0.4) is 0 Å². The molecule has 0 radical (unpaired) electrons. The van der Waals surface area contributed by atoms with Crippen molar-refractivity contribution < 1.29 is 9.53 Å². The number of anilines is 1. The Morgan fingerprint density at radius 2 is 2.18 bits per heavy atom. The van der Waals surface area contributed by atoms with Crippen molar-refractivity contribution >= 4 is 11.7 Å². The summed E-state index contributed by atoms with van der Waals surface area (Å²) >= 11 is 0. The molecule has 88 valence electrons. The van der Waals surface area contributed by atoms with E-state index < -0.39 is 0 Å². The Kier molecular flexibility index (Phi) is 2.82. The smallest absolute Gasteiger partial charge is 0.337 e. The molecule has 0 unspecified atom stereocenters. The van der Waals surface area contributed by atoms with Crippen LogP contribution in [0.5, 0.6) is 0 Å². The van der Waals surface area contributed by atoms with Crippen LogP contribution in [0.25, 0.3) is 11.3 Å². The summed E-state index contributed by atoms with van der Waals surface area (Å²) < 4.78 is 6.38. The first-order chi connectivity index (χ1) is 8.13. The molecule has 0 saturated heterocycles. The van der Waals surface area contributed by atoms with Gasteiger partial charge >= 0.3 is 5.97 Å². The minimum atomic E-state index is -0.381. The molecule has 0 spiro atoms. The standard InChI is InChI=1S/C12H13N3O2/c1-15-11(5-6-14-15)9-7-8(12(16)17-2)3-4-10(9)13/h3-7H,13H2,1-2H3. The first-order valence-electron chi connectivity index (χ1n) is 5.09. The van der Waals surface area contributed by atoms with Crippen molar-refractivity contribution in [1.29, 1.82) is 0 Å². The van der Waals surface area contributed by atoms with E-state index >= 15 is 0 Å². The van der Waals surface area contributed by atoms with Gasteiger partial charge in [-0.15, -0.1) is 0 Å². The molecule has 0 aliphatic carbocycles. The SMILES string of the molecule is COC(=O)c1ccc(N)c(-c2ccnn2C)c1. The van der Waals surface area contributed by atoms with Crippen molar-refractivity contribution in [3.63, 3.8) is 0 Å². The summed E-state index contributed by atoms with van der Waals surface area (Å²) in [7, 11) is 3.17. The van der Waals surface area contributed by atoms with Gasteiger partial charge in [-0.25, -0.2) is 4.79 Å². The quantitative estimate of drug-likeness (QED) is 0.627. The van der Waals surface area contributed by atoms with E-state index in [1.165, 1.54) is 7.11 Å². The molecule has 0 aliphatic heterocycles. The second-order valence-electron chi connectivity index (χ2n) is 3.63. The van der Waals surface area contributed by atoms with Crippen LogP contribution in [0.4, 0.5) is 5.69 Å². The number of ether oxygens (including phenoxy) is 1. The van der Waals surface area contributed by atoms with Gasteiger partial charge < -0.3 is 10.5 Å². The summed E-state index contributed by atoms with van der Waals surface area (Å²) in [4.78, 5) is 11.4. The fourth-order valence-corrected chi connectivity index (χ4v) is 1.66. The highest BCUT2D eigenvalue weighted by Crippen LogP contribution is 2.26. The molecular formula is C12H13N3O2. The second kappa shape index (κ2) is 4.29. The van der Waals surface area contributed by atoms with Gasteiger partial charge in [0.1, 0.15) is 0 Å². The highest BCUT2D eigenvalue weighted by atomic mass is 16.5. The van der Waals surface area contributed by atoms with E-state index in [1.807, 2.05) is 13.1 Å². The molecule has 2 N–H and O–H groups in total. The molecule has 1 heterocycles. The average Bonchev–Trinajstić information content (AvgIpc) is 2.75. The normalized spacial score (nSPS) is 10.2. The number of nitrogens with zero attached hydrogens (tertiary/aromatic N) is 2. The van der Waals surface area contributed by atoms with Gasteiger partial charge in [-0.2, -0.15) is 5.10 Å². The largest absolute Gasteiger partial charge is 0.465 e. The number of aromatic nitrogens is 2. The molecule has 0 saturated carbocycles. The number of esters is 1. The predicted molar refractivity (Wildman–Crippen MR) is 64.4 cm³/mol. The first-order valence-corrected chi connectivity index (χ1v) is 5.09. The van der Waals surface area contributed by atoms with Crippen molar-refractivity contribution in [1.82, 2.24) is 9.78 Å². The fourth-order valence-electron chi connectivity index (χ4n) is 1.66. The summed E-state index contributed by atoms with van der Waals surface area (Å²) in [5.41, 5.74) is 8.59. The van der Waals surface area contributed by atoms with Gasteiger partial charge in [0.15, 0.2) is 0 Å². The third kappa shape index (κ3) is 1.99. The van der Waals surface area contributed by atoms with Gasteiger partial charge in [0, 0.05) is 24.5 Å². The maximum atomic E-state index is 11.4. The zero-order valence-corrected chi connectivity index (χ0v) is 9.68. The van der Waals surface area contributed by atoms with Crippen LogP contribution in [0.2, 0.25) is 0 Å². The number of carbonyl (C=O) groups excluding carboxylic acids is 1. The number of hydrogen-bond donors (Lipinski definition) is 1. The first kappa shape index (κ1) is 11.2. The van der Waals surface area contributed by atoms with Crippen molar-refractivity contribution in [2.24, 2.45) is 7.05 Å². The Labute approximate surface area is 98.8 Å². The molecule has 0 aliphatic rings. The molecule has 0 atom stereocenters. The van der Waals surface area contributed by atoms with Crippen LogP contribution < -0.4 is 5.73 Å². The summed E-state index contributed by atoms with van der Waals surface area (Å²) in [6.45, 7) is 0. The van der Waals surface area contributed by atoms with Crippen LogP contribution in [-0.2, 0) is 11.8 Å². The van der Waals surface area contributed by atoms with Crippen molar-refractivity contribution in [3.05, 3.63) is 36.0 Å². The molecule has 2 rings (SSSR count). The van der Waals surface area contributed by atoms with Crippen LogP contribution in [0, 0.1) is 0 Å². The molecular weight excluding hydrogens is 218 g/mol. The molecule has 5 heteroatoms. The van der Waals surface area contributed by atoms with Gasteiger partial charge in [-0.05, 0) is 24.3 Å². The lowest BCUT2D eigenvalue weighted by molar-refractivity contribution is 0.0601. The Balaban J connectivity index is 2.54. The van der Waals surface area contributed by atoms with Crippen molar-refractivity contribution in [3.8, 4) is 11.3 Å². The Bertz CT molecular complexity index is 561. The number of rotatable bonds is 2. The molecule has 1 aromatic heterocycles. The lowest BCUT2D eigenvalue weighted by Crippen LogP contribution is -2.03. The summed E-state index contributed by atoms with van der Waals surface area (Å²) in [6, 6.07) is 6.88. The minimum Gasteiger partial charge on any atom is -0.465 e. The Morgan fingerprint density at radius 3 is 2.76 bits per heavy atom. The fraction of sp³-hybridized carbons (Fsp3) is 0.167. The van der Waals surface area contributed by atoms with E-state index in [4.69, 9.17) is 5.73 Å². The van der Waals surface area contributed by atoms with Gasteiger partial charge in [0.2, 0.25) is 0 Å². The Morgan fingerprint density at radius 1 is 1.41 bits per heavy atom. The third-order valence-corrected chi connectivity index (χ3v) is 2.57. The maximum Gasteiger partial charge on any atom is 0.337 e. The number of hydrogen-bond acceptors (Lipinski definition) is 4. The van der Waals surface area contributed by atoms with Crippen molar-refractivity contribution in [2.75, 3.05) is 12.8 Å². The zero-order chi connectivity index (χ0) is 12.4. The van der Waals surface area contributed by atoms with Crippen LogP contribution in [0.15, 0.2) is 30.5 Å². The third-order valence-electron chi connectivity index (χ3n) is 2.57. The van der Waals surface area contributed by atoms with Crippen LogP contribution in [-0.4, -0.2) is 22.9 Å². The van der Waals surface area contributed by atoms with E-state index in [0.717, 1.165) is 11.3 Å². The van der Waals surface area contributed by atoms with Crippen LogP contribution >= 0.6 is 0 Å². The van der Waals surface area contributed by atoms with E-state index in [0.29, 0.717) is 11.3 Å². The Hall–Kier alpha value is -2.30. The van der Waals surface area contributed by atoms with E-state index in [2.05, 4.69) is 9.84 Å². The zero-order valence-electron chi connectivity index (χ0n) is 9.68. The van der Waals surface area contributed by atoms with Gasteiger partial charge in [-0.1, -0.05) is 0 Å². The number of aryl methyl sites for hydroxylation is 1. The number of nitrogens with two attached hydrogens (primary N) is 1. The summed E-state index contributed by atoms with van der Waals surface area (Å²) in [5, 5.41) is 4.07. The molecule has 0 amide bonds. The summed E-state index contributed by atoms with van der Waals surface area (Å²) in [6.07, 6.45) is 1.68. The highest BCUT2D eigenvalue weighted by Gasteiger charge is 2.11. The van der Waals surface area contributed by atoms with Crippen molar-refractivity contribution in [2.45, 2.75) is 0 Å². The highest BCUT2D eigenvalue weighted by molar-refractivity contribution is 5.92. The number of carbonyl (C=O) groups is 1. The van der Waals surface area contributed by atoms with E-state index in [-0.39, 0.29) is 5.97 Å². The average molecular weight is 231 g/mol. The molecule has 1 aromatic carbocycles. The van der Waals surface area contributed by atoms with Gasteiger partial charge in [0.25, 0.3) is 0 Å². The van der Waals surface area contributed by atoms with E-state index in [1.54, 1.807) is 29.1 Å². The molecule has 5 nitrogen and oxygen atoms in total. The second-order valence-corrected chi connectivity index (χ2v) is 3.63. The molecule has 2 aromatic rings. The van der Waals surface area contributed by atoms with E-state index in [9.17, 15) is 4.79 Å². The topological polar surface area (TPSA) is 70.1 Å². The summed E-state index contributed by atoms with van der Waals surface area (Å²) in [5.74, 6) is -0.381. The number of benzene rings is 1. The lowest BCUT2D eigenvalue weighted by Gasteiger charge is -2.08. The maximum absolute atomic E-state index is 11.4. The lowest BCUT2D eigenvalue weighted by atomic mass is 10.1. The van der Waals surface area contributed by atoms with Gasteiger partial charge in [0.05, 0.1) is 18.4 Å². The number of methoxy groups -OCH3 is 1. The predicted octanol–water partition coefficient (Wildman–Crippen LogP) is 1.46. The molecule has 17 heavy (non-hydrogen) atoms. The van der Waals surface area contributed by atoms with Crippen LogP contribution in [0.1, 0.15) is 10.4 Å². The monoisotopic (exact) mass is 231 g/mol. The number of nitrogen functional groups attached to an aromatic ring is 1.